The van der Waals surface area contributed by atoms with E-state index in [0.717, 1.165) is 17.1 Å². The second-order valence-corrected chi connectivity index (χ2v) is 7.60. The molecule has 0 fully saturated rings. The number of nitrogens with zero attached hydrogens (tertiary/aromatic N) is 5. The van der Waals surface area contributed by atoms with Gasteiger partial charge in [0.2, 0.25) is 5.91 Å². The van der Waals surface area contributed by atoms with E-state index in [9.17, 15) is 4.79 Å². The number of rotatable bonds is 6. The minimum atomic E-state index is -0.197. The summed E-state index contributed by atoms with van der Waals surface area (Å²) in [5.74, 6) is 2.44. The van der Waals surface area contributed by atoms with E-state index < -0.39 is 0 Å². The summed E-state index contributed by atoms with van der Waals surface area (Å²) in [5.41, 5.74) is 0.931. The molecular weight excluding hydrogens is 390 g/mol. The first-order valence-electron chi connectivity index (χ1n) is 9.17. The first-order chi connectivity index (χ1) is 14.1. The van der Waals surface area contributed by atoms with Gasteiger partial charge >= 0.3 is 0 Å². The molecule has 8 nitrogen and oxygen atoms in total. The summed E-state index contributed by atoms with van der Waals surface area (Å²) < 4.78 is 13.5. The Morgan fingerprint density at radius 1 is 1.21 bits per heavy atom. The second-order valence-electron chi connectivity index (χ2n) is 6.66. The van der Waals surface area contributed by atoms with Crippen LogP contribution in [0.15, 0.2) is 53.9 Å². The van der Waals surface area contributed by atoms with Gasteiger partial charge in [-0.05, 0) is 24.3 Å². The summed E-state index contributed by atoms with van der Waals surface area (Å²) in [5, 5.41) is 9.12. The molecular formula is C20H21N5O3S. The van der Waals surface area contributed by atoms with Gasteiger partial charge in [0.15, 0.2) is 28.6 Å². The lowest BCUT2D eigenvalue weighted by Gasteiger charge is -2.29. The highest BCUT2D eigenvalue weighted by molar-refractivity contribution is 7.99. The number of pyridine rings is 1. The molecule has 0 unspecified atom stereocenters. The number of fused-ring (bicyclic) bond motifs is 1. The molecule has 3 aromatic rings. The number of hydrogen-bond acceptors (Lipinski definition) is 7. The highest BCUT2D eigenvalue weighted by Crippen LogP contribution is 2.31. The quantitative estimate of drug-likeness (QED) is 0.576. The lowest BCUT2D eigenvalue weighted by atomic mass is 10.2. The van der Waals surface area contributed by atoms with Crippen LogP contribution in [0.25, 0.3) is 11.4 Å². The Morgan fingerprint density at radius 3 is 2.76 bits per heavy atom. The number of benzene rings is 1. The maximum absolute atomic E-state index is 12.6. The third-order valence-electron chi connectivity index (χ3n) is 4.57. The number of aromatic nitrogens is 4. The zero-order valence-corrected chi connectivity index (χ0v) is 17.0. The van der Waals surface area contributed by atoms with Crippen LogP contribution in [0.3, 0.4) is 0 Å². The molecule has 1 atom stereocenters. The van der Waals surface area contributed by atoms with Crippen LogP contribution in [0.5, 0.6) is 11.5 Å². The van der Waals surface area contributed by atoms with E-state index in [4.69, 9.17) is 9.47 Å². The summed E-state index contributed by atoms with van der Waals surface area (Å²) in [6, 6.07) is 11.3. The SMILES string of the molecule is CN(C[C@@H]1COc2ccccc2O1)C(=O)CSc1nnc(-c2ccncc2)n1C. The molecule has 0 saturated heterocycles. The summed E-state index contributed by atoms with van der Waals surface area (Å²) >= 11 is 1.36. The monoisotopic (exact) mass is 411 g/mol. The molecule has 150 valence electrons. The number of likely N-dealkylation sites (N-methyl/N-ethyl adjacent to an activating group) is 1. The second kappa shape index (κ2) is 8.52. The van der Waals surface area contributed by atoms with E-state index in [1.165, 1.54) is 11.8 Å². The molecule has 0 aliphatic carbocycles. The molecule has 0 N–H and O–H groups in total. The van der Waals surface area contributed by atoms with Crippen LogP contribution in [0.2, 0.25) is 0 Å². The largest absolute Gasteiger partial charge is 0.486 e. The first kappa shape index (κ1) is 19.3. The summed E-state index contributed by atoms with van der Waals surface area (Å²) in [7, 11) is 3.66. The van der Waals surface area contributed by atoms with Crippen molar-refractivity contribution < 1.29 is 14.3 Å². The number of ether oxygens (including phenoxy) is 2. The number of carbonyl (C=O) groups excluding carboxylic acids is 1. The predicted octanol–water partition coefficient (Wildman–Crippen LogP) is 2.27. The van der Waals surface area contributed by atoms with E-state index in [1.807, 2.05) is 48.0 Å². The van der Waals surface area contributed by atoms with Gasteiger partial charge in [0, 0.05) is 32.1 Å². The molecule has 4 rings (SSSR count). The molecule has 29 heavy (non-hydrogen) atoms. The molecule has 3 heterocycles. The van der Waals surface area contributed by atoms with Crippen LogP contribution in [-0.2, 0) is 11.8 Å². The minimum Gasteiger partial charge on any atom is -0.486 e. The number of carbonyl (C=O) groups is 1. The standard InChI is InChI=1S/C20H21N5O3S/c1-24(11-15-12-27-16-5-3-4-6-17(16)28-15)18(26)13-29-20-23-22-19(25(20)2)14-7-9-21-10-8-14/h3-10,15H,11-13H2,1-2H3/t15-/m1/s1. The maximum Gasteiger partial charge on any atom is 0.232 e. The van der Waals surface area contributed by atoms with E-state index in [0.29, 0.717) is 24.1 Å². The normalized spacial score (nSPS) is 15.2. The number of thioether (sulfide) groups is 1. The van der Waals surface area contributed by atoms with Crippen molar-refractivity contribution in [1.29, 1.82) is 0 Å². The molecule has 0 radical (unpaired) electrons. The Morgan fingerprint density at radius 2 is 1.97 bits per heavy atom. The minimum absolute atomic E-state index is 0.00841. The third kappa shape index (κ3) is 4.34. The fourth-order valence-electron chi connectivity index (χ4n) is 2.99. The van der Waals surface area contributed by atoms with Crippen LogP contribution < -0.4 is 9.47 Å². The molecule has 2 aromatic heterocycles. The Bertz CT molecular complexity index is 995. The molecule has 9 heteroatoms. The highest BCUT2D eigenvalue weighted by atomic mass is 32.2. The zero-order chi connectivity index (χ0) is 20.2. The van der Waals surface area contributed by atoms with Gasteiger partial charge in [-0.3, -0.25) is 9.78 Å². The molecule has 1 aliphatic rings. The summed E-state index contributed by atoms with van der Waals surface area (Å²) in [6.07, 6.45) is 3.23. The Hall–Kier alpha value is -3.07. The molecule has 1 aromatic carbocycles. The van der Waals surface area contributed by atoms with Gasteiger partial charge in [-0.1, -0.05) is 23.9 Å². The van der Waals surface area contributed by atoms with E-state index in [2.05, 4.69) is 15.2 Å². The fourth-order valence-corrected chi connectivity index (χ4v) is 3.84. The van der Waals surface area contributed by atoms with Crippen molar-refractivity contribution in [3.8, 4) is 22.9 Å². The number of amides is 1. The predicted molar refractivity (Wildman–Crippen MR) is 109 cm³/mol. The Kier molecular flexibility index (Phi) is 5.66. The van der Waals surface area contributed by atoms with E-state index in [-0.39, 0.29) is 17.8 Å². The molecule has 1 aliphatic heterocycles. The van der Waals surface area contributed by atoms with Gasteiger partial charge in [-0.15, -0.1) is 10.2 Å². The Balaban J connectivity index is 1.32. The maximum atomic E-state index is 12.6. The van der Waals surface area contributed by atoms with Crippen molar-refractivity contribution in [3.05, 3.63) is 48.8 Å². The van der Waals surface area contributed by atoms with Gasteiger partial charge in [0.1, 0.15) is 6.61 Å². The van der Waals surface area contributed by atoms with Crippen molar-refractivity contribution in [2.75, 3.05) is 26.0 Å². The average Bonchev–Trinajstić information content (AvgIpc) is 3.12. The summed E-state index contributed by atoms with van der Waals surface area (Å²) in [4.78, 5) is 18.2. The van der Waals surface area contributed by atoms with Crippen molar-refractivity contribution in [1.82, 2.24) is 24.6 Å². The van der Waals surface area contributed by atoms with E-state index in [1.54, 1.807) is 24.3 Å². The van der Waals surface area contributed by atoms with Crippen LogP contribution in [0, 0.1) is 0 Å². The zero-order valence-electron chi connectivity index (χ0n) is 16.2. The smallest absolute Gasteiger partial charge is 0.232 e. The van der Waals surface area contributed by atoms with E-state index >= 15 is 0 Å². The van der Waals surface area contributed by atoms with Gasteiger partial charge in [-0.25, -0.2) is 0 Å². The highest BCUT2D eigenvalue weighted by Gasteiger charge is 2.24. The molecule has 0 spiro atoms. The van der Waals surface area contributed by atoms with Gasteiger partial charge in [0.25, 0.3) is 0 Å². The first-order valence-corrected chi connectivity index (χ1v) is 10.2. The van der Waals surface area contributed by atoms with Crippen LogP contribution >= 0.6 is 11.8 Å². The Labute approximate surface area is 172 Å². The average molecular weight is 411 g/mol. The van der Waals surface area contributed by atoms with Crippen LogP contribution in [0.1, 0.15) is 0 Å². The number of hydrogen-bond donors (Lipinski definition) is 0. The molecule has 0 saturated carbocycles. The van der Waals surface area contributed by atoms with Gasteiger partial charge in [0.05, 0.1) is 12.3 Å². The van der Waals surface area contributed by atoms with Crippen molar-refractivity contribution in [3.63, 3.8) is 0 Å². The van der Waals surface area contributed by atoms with Gasteiger partial charge < -0.3 is 18.9 Å². The third-order valence-corrected chi connectivity index (χ3v) is 5.57. The molecule has 1 amide bonds. The lowest BCUT2D eigenvalue weighted by molar-refractivity contribution is -0.128. The molecule has 0 bridgehead atoms. The fraction of sp³-hybridized carbons (Fsp3) is 0.300. The van der Waals surface area contributed by atoms with Crippen molar-refractivity contribution in [2.45, 2.75) is 11.3 Å². The van der Waals surface area contributed by atoms with Gasteiger partial charge in [-0.2, -0.15) is 0 Å². The number of para-hydroxylation sites is 2. The van der Waals surface area contributed by atoms with Crippen molar-refractivity contribution in [2.24, 2.45) is 7.05 Å². The van der Waals surface area contributed by atoms with Crippen molar-refractivity contribution >= 4 is 17.7 Å². The topological polar surface area (TPSA) is 82.4 Å². The van der Waals surface area contributed by atoms with Crippen LogP contribution in [0.4, 0.5) is 0 Å². The van der Waals surface area contributed by atoms with Crippen LogP contribution in [-0.4, -0.2) is 62.6 Å². The summed E-state index contributed by atoms with van der Waals surface area (Å²) in [6.45, 7) is 0.870. The lowest BCUT2D eigenvalue weighted by Crippen LogP contribution is -2.42.